The van der Waals surface area contributed by atoms with Crippen molar-refractivity contribution in [3.05, 3.63) is 17.5 Å². The van der Waals surface area contributed by atoms with Gasteiger partial charge in [0.15, 0.2) is 5.69 Å². The molecular formula is C14H19N5O. The van der Waals surface area contributed by atoms with Crippen LogP contribution in [0.5, 0.6) is 0 Å². The van der Waals surface area contributed by atoms with E-state index in [2.05, 4.69) is 16.1 Å². The molecule has 1 aromatic rings. The maximum Gasteiger partial charge on any atom is 0.236 e. The zero-order valence-corrected chi connectivity index (χ0v) is 11.6. The highest BCUT2D eigenvalue weighted by molar-refractivity contribution is 5.78. The van der Waals surface area contributed by atoms with E-state index in [-0.39, 0.29) is 5.91 Å². The average molecular weight is 273 g/mol. The molecule has 2 aliphatic rings. The fraction of sp³-hybridized carbons (Fsp3) is 0.643. The van der Waals surface area contributed by atoms with Crippen LogP contribution in [0.1, 0.15) is 30.7 Å². The number of aromatic nitrogens is 2. The average Bonchev–Trinajstić information content (AvgIpc) is 2.90. The highest BCUT2D eigenvalue weighted by Crippen LogP contribution is 2.14. The fourth-order valence-corrected chi connectivity index (χ4v) is 2.94. The standard InChI is InChI=1S/C14H19N5O/c15-9-12-8-13-10-17(6-7-19(13)16-12)11-14(20)18-4-2-1-3-5-18/h8H,1-7,10-11H2. The summed E-state index contributed by atoms with van der Waals surface area (Å²) < 4.78 is 1.88. The predicted octanol–water partition coefficient (Wildman–Crippen LogP) is 0.583. The maximum absolute atomic E-state index is 12.2. The summed E-state index contributed by atoms with van der Waals surface area (Å²) in [5, 5.41) is 13.1. The fourth-order valence-electron chi connectivity index (χ4n) is 2.94. The molecule has 1 amide bonds. The van der Waals surface area contributed by atoms with Crippen LogP contribution in [0, 0.1) is 11.3 Å². The summed E-state index contributed by atoms with van der Waals surface area (Å²) in [5.74, 6) is 0.234. The molecule has 1 fully saturated rings. The summed E-state index contributed by atoms with van der Waals surface area (Å²) in [7, 11) is 0. The highest BCUT2D eigenvalue weighted by Gasteiger charge is 2.23. The highest BCUT2D eigenvalue weighted by atomic mass is 16.2. The molecule has 6 nitrogen and oxygen atoms in total. The Hall–Kier alpha value is -1.87. The lowest BCUT2D eigenvalue weighted by Gasteiger charge is -2.31. The predicted molar refractivity (Wildman–Crippen MR) is 72.7 cm³/mol. The second kappa shape index (κ2) is 5.63. The quantitative estimate of drug-likeness (QED) is 0.791. The van der Waals surface area contributed by atoms with Crippen LogP contribution in [0.15, 0.2) is 6.07 Å². The SMILES string of the molecule is N#Cc1cc2n(n1)CCN(CC(=O)N1CCCCC1)C2. The van der Waals surface area contributed by atoms with E-state index in [1.807, 2.05) is 15.6 Å². The number of hydrogen-bond acceptors (Lipinski definition) is 4. The normalized spacial score (nSPS) is 19.4. The van der Waals surface area contributed by atoms with Gasteiger partial charge in [0.2, 0.25) is 5.91 Å². The Bertz CT molecular complexity index is 538. The Morgan fingerprint density at radius 2 is 2.05 bits per heavy atom. The Kier molecular flexibility index (Phi) is 3.70. The number of piperidine rings is 1. The lowest BCUT2D eigenvalue weighted by Crippen LogP contribution is -2.44. The number of nitrogens with zero attached hydrogens (tertiary/aromatic N) is 5. The Balaban J connectivity index is 1.59. The van der Waals surface area contributed by atoms with Gasteiger partial charge >= 0.3 is 0 Å². The van der Waals surface area contributed by atoms with Crippen LogP contribution < -0.4 is 0 Å². The van der Waals surface area contributed by atoms with Crippen LogP contribution in [0.3, 0.4) is 0 Å². The van der Waals surface area contributed by atoms with Gasteiger partial charge in [-0.1, -0.05) is 0 Å². The summed E-state index contributed by atoms with van der Waals surface area (Å²) in [6.07, 6.45) is 3.50. The number of carbonyl (C=O) groups excluding carboxylic acids is 1. The van der Waals surface area contributed by atoms with E-state index < -0.39 is 0 Å². The molecule has 0 aliphatic carbocycles. The van der Waals surface area contributed by atoms with E-state index in [4.69, 9.17) is 5.26 Å². The van der Waals surface area contributed by atoms with Crippen LogP contribution in [-0.2, 0) is 17.9 Å². The molecule has 3 rings (SSSR count). The zero-order valence-electron chi connectivity index (χ0n) is 11.6. The summed E-state index contributed by atoms with van der Waals surface area (Å²) in [5.41, 5.74) is 1.49. The number of amides is 1. The molecule has 1 saturated heterocycles. The van der Waals surface area contributed by atoms with Crippen LogP contribution in [0.4, 0.5) is 0 Å². The maximum atomic E-state index is 12.2. The number of carbonyl (C=O) groups is 1. The number of likely N-dealkylation sites (tertiary alicyclic amines) is 1. The van der Waals surface area contributed by atoms with Crippen LogP contribution in [0.25, 0.3) is 0 Å². The lowest BCUT2D eigenvalue weighted by atomic mass is 10.1. The van der Waals surface area contributed by atoms with Crippen molar-refractivity contribution in [2.45, 2.75) is 32.4 Å². The first-order chi connectivity index (χ1) is 9.76. The summed E-state index contributed by atoms with van der Waals surface area (Å²) in [4.78, 5) is 16.4. The topological polar surface area (TPSA) is 65.2 Å². The van der Waals surface area contributed by atoms with E-state index in [9.17, 15) is 4.79 Å². The van der Waals surface area contributed by atoms with Crippen molar-refractivity contribution in [1.29, 1.82) is 5.26 Å². The minimum atomic E-state index is 0.234. The number of hydrogen-bond donors (Lipinski definition) is 0. The van der Waals surface area contributed by atoms with Crippen LogP contribution >= 0.6 is 0 Å². The van der Waals surface area contributed by atoms with Crippen molar-refractivity contribution in [2.75, 3.05) is 26.2 Å². The van der Waals surface area contributed by atoms with E-state index in [0.29, 0.717) is 18.8 Å². The summed E-state index contributed by atoms with van der Waals surface area (Å²) in [6, 6.07) is 3.88. The third-order valence-electron chi connectivity index (χ3n) is 4.06. The summed E-state index contributed by atoms with van der Waals surface area (Å²) >= 11 is 0. The molecule has 0 bridgehead atoms. The molecule has 106 valence electrons. The molecule has 0 unspecified atom stereocenters. The smallest absolute Gasteiger partial charge is 0.236 e. The molecular weight excluding hydrogens is 254 g/mol. The summed E-state index contributed by atoms with van der Waals surface area (Å²) in [6.45, 7) is 4.57. The van der Waals surface area contributed by atoms with Gasteiger partial charge in [-0.3, -0.25) is 14.4 Å². The van der Waals surface area contributed by atoms with Crippen LogP contribution in [-0.4, -0.2) is 51.7 Å². The number of nitriles is 1. The second-order valence-electron chi connectivity index (χ2n) is 5.51. The van der Waals surface area contributed by atoms with Crippen molar-refractivity contribution >= 4 is 5.91 Å². The van der Waals surface area contributed by atoms with Crippen molar-refractivity contribution in [3.63, 3.8) is 0 Å². The first-order valence-electron chi connectivity index (χ1n) is 7.23. The minimum Gasteiger partial charge on any atom is -0.342 e. The molecule has 0 saturated carbocycles. The Morgan fingerprint density at radius 1 is 1.25 bits per heavy atom. The van der Waals surface area contributed by atoms with E-state index in [0.717, 1.165) is 44.7 Å². The van der Waals surface area contributed by atoms with Crippen molar-refractivity contribution in [1.82, 2.24) is 19.6 Å². The first kappa shape index (κ1) is 13.1. The van der Waals surface area contributed by atoms with Gasteiger partial charge in [0.25, 0.3) is 0 Å². The Morgan fingerprint density at radius 3 is 2.80 bits per heavy atom. The van der Waals surface area contributed by atoms with Gasteiger partial charge < -0.3 is 4.90 Å². The molecule has 0 radical (unpaired) electrons. The third kappa shape index (κ3) is 2.68. The van der Waals surface area contributed by atoms with E-state index in [1.54, 1.807) is 0 Å². The monoisotopic (exact) mass is 273 g/mol. The zero-order chi connectivity index (χ0) is 13.9. The van der Waals surface area contributed by atoms with E-state index >= 15 is 0 Å². The molecule has 2 aliphatic heterocycles. The molecule has 6 heteroatoms. The van der Waals surface area contributed by atoms with Crippen LogP contribution in [0.2, 0.25) is 0 Å². The minimum absolute atomic E-state index is 0.234. The molecule has 0 N–H and O–H groups in total. The lowest BCUT2D eigenvalue weighted by molar-refractivity contribution is -0.133. The molecule has 0 aromatic carbocycles. The van der Waals surface area contributed by atoms with Gasteiger partial charge in [-0.05, 0) is 25.3 Å². The van der Waals surface area contributed by atoms with Crippen molar-refractivity contribution in [2.24, 2.45) is 0 Å². The third-order valence-corrected chi connectivity index (χ3v) is 4.06. The van der Waals surface area contributed by atoms with Gasteiger partial charge in [0, 0.05) is 26.2 Å². The number of fused-ring (bicyclic) bond motifs is 1. The molecule has 1 aromatic heterocycles. The molecule has 0 spiro atoms. The number of rotatable bonds is 2. The van der Waals surface area contributed by atoms with E-state index in [1.165, 1.54) is 6.42 Å². The molecule has 0 atom stereocenters. The Labute approximate surface area is 118 Å². The van der Waals surface area contributed by atoms with Gasteiger partial charge in [-0.25, -0.2) is 0 Å². The van der Waals surface area contributed by atoms with Crippen molar-refractivity contribution < 1.29 is 4.79 Å². The first-order valence-corrected chi connectivity index (χ1v) is 7.23. The van der Waals surface area contributed by atoms with Gasteiger partial charge in [-0.2, -0.15) is 10.4 Å². The van der Waals surface area contributed by atoms with Gasteiger partial charge in [0.1, 0.15) is 6.07 Å². The molecule has 3 heterocycles. The van der Waals surface area contributed by atoms with Gasteiger partial charge in [0.05, 0.1) is 18.8 Å². The molecule has 20 heavy (non-hydrogen) atoms. The van der Waals surface area contributed by atoms with Crippen molar-refractivity contribution in [3.8, 4) is 6.07 Å². The van der Waals surface area contributed by atoms with Gasteiger partial charge in [-0.15, -0.1) is 0 Å². The largest absolute Gasteiger partial charge is 0.342 e. The second-order valence-corrected chi connectivity index (χ2v) is 5.51.